The Balaban J connectivity index is 4.18. The highest BCUT2D eigenvalue weighted by Gasteiger charge is 2.20. The Kier molecular flexibility index (Phi) is 8.11. The van der Waals surface area contributed by atoms with Crippen LogP contribution in [0.2, 0.25) is 0 Å². The first-order valence-corrected chi connectivity index (χ1v) is 6.31. The standard InChI is InChI=1S/C12H24N2O4/c1-4-5-6-10(11(16)17)13-12(18)14(3)8-7-9(2)15/h9-10,15H,4-8H2,1-3H3,(H,13,18)(H,16,17). The van der Waals surface area contributed by atoms with Gasteiger partial charge in [-0.25, -0.2) is 9.59 Å². The van der Waals surface area contributed by atoms with Gasteiger partial charge in [0.1, 0.15) is 6.04 Å². The molecule has 0 radical (unpaired) electrons. The zero-order valence-corrected chi connectivity index (χ0v) is 11.3. The zero-order valence-electron chi connectivity index (χ0n) is 11.3. The maximum Gasteiger partial charge on any atom is 0.326 e. The predicted molar refractivity (Wildman–Crippen MR) is 68.4 cm³/mol. The van der Waals surface area contributed by atoms with Crippen molar-refractivity contribution >= 4 is 12.0 Å². The number of rotatable bonds is 8. The molecule has 0 aromatic rings. The average molecular weight is 260 g/mol. The molecule has 0 fully saturated rings. The van der Waals surface area contributed by atoms with Crippen molar-refractivity contribution in [2.45, 2.75) is 51.7 Å². The number of urea groups is 1. The fourth-order valence-electron chi connectivity index (χ4n) is 1.41. The van der Waals surface area contributed by atoms with Crippen molar-refractivity contribution in [1.29, 1.82) is 0 Å². The van der Waals surface area contributed by atoms with Crippen LogP contribution in [0.25, 0.3) is 0 Å². The van der Waals surface area contributed by atoms with Gasteiger partial charge in [0, 0.05) is 13.6 Å². The molecular weight excluding hydrogens is 236 g/mol. The minimum Gasteiger partial charge on any atom is -0.480 e. The molecule has 0 saturated heterocycles. The van der Waals surface area contributed by atoms with Crippen molar-refractivity contribution in [3.8, 4) is 0 Å². The molecule has 6 nitrogen and oxygen atoms in total. The SMILES string of the molecule is CCCCC(NC(=O)N(C)CCC(C)O)C(=O)O. The van der Waals surface area contributed by atoms with E-state index in [1.807, 2.05) is 6.92 Å². The first-order chi connectivity index (χ1) is 8.38. The second-order valence-corrected chi connectivity index (χ2v) is 4.54. The number of carboxylic acid groups (broad SMARTS) is 1. The molecule has 0 aromatic carbocycles. The molecule has 2 amide bonds. The largest absolute Gasteiger partial charge is 0.480 e. The van der Waals surface area contributed by atoms with Crippen LogP contribution in [-0.4, -0.2) is 52.9 Å². The van der Waals surface area contributed by atoms with E-state index < -0.39 is 24.1 Å². The summed E-state index contributed by atoms with van der Waals surface area (Å²) in [5.41, 5.74) is 0. The Hall–Kier alpha value is -1.30. The predicted octanol–water partition coefficient (Wildman–Crippen LogP) is 1.04. The molecular formula is C12H24N2O4. The van der Waals surface area contributed by atoms with Gasteiger partial charge in [-0.2, -0.15) is 0 Å². The molecule has 0 rings (SSSR count). The monoisotopic (exact) mass is 260 g/mol. The second kappa shape index (κ2) is 8.74. The minimum atomic E-state index is -1.01. The Labute approximate surface area is 108 Å². The van der Waals surface area contributed by atoms with Crippen molar-refractivity contribution in [2.24, 2.45) is 0 Å². The van der Waals surface area contributed by atoms with Gasteiger partial charge in [-0.15, -0.1) is 0 Å². The molecule has 0 bridgehead atoms. The first-order valence-electron chi connectivity index (χ1n) is 6.31. The van der Waals surface area contributed by atoms with Gasteiger partial charge < -0.3 is 20.4 Å². The maximum absolute atomic E-state index is 11.7. The van der Waals surface area contributed by atoms with Crippen molar-refractivity contribution < 1.29 is 19.8 Å². The van der Waals surface area contributed by atoms with E-state index in [1.165, 1.54) is 4.90 Å². The number of hydrogen-bond acceptors (Lipinski definition) is 3. The minimum absolute atomic E-state index is 0.392. The lowest BCUT2D eigenvalue weighted by Crippen LogP contribution is -2.47. The summed E-state index contributed by atoms with van der Waals surface area (Å²) in [7, 11) is 1.58. The normalized spacial score (nSPS) is 13.8. The van der Waals surface area contributed by atoms with E-state index >= 15 is 0 Å². The fraction of sp³-hybridized carbons (Fsp3) is 0.833. The number of nitrogens with zero attached hydrogens (tertiary/aromatic N) is 1. The van der Waals surface area contributed by atoms with Crippen LogP contribution in [0, 0.1) is 0 Å². The van der Waals surface area contributed by atoms with Gasteiger partial charge in [-0.3, -0.25) is 0 Å². The third-order valence-corrected chi connectivity index (χ3v) is 2.67. The number of unbranched alkanes of at least 4 members (excludes halogenated alkanes) is 1. The number of aliphatic hydroxyl groups is 1. The van der Waals surface area contributed by atoms with Gasteiger partial charge in [0.2, 0.25) is 0 Å². The Morgan fingerprint density at radius 2 is 1.94 bits per heavy atom. The molecule has 0 aromatic heterocycles. The third-order valence-electron chi connectivity index (χ3n) is 2.67. The van der Waals surface area contributed by atoms with E-state index in [4.69, 9.17) is 10.2 Å². The fourth-order valence-corrected chi connectivity index (χ4v) is 1.41. The lowest BCUT2D eigenvalue weighted by atomic mass is 10.1. The molecule has 2 unspecified atom stereocenters. The third kappa shape index (κ3) is 7.11. The lowest BCUT2D eigenvalue weighted by molar-refractivity contribution is -0.139. The van der Waals surface area contributed by atoms with Gasteiger partial charge in [-0.05, 0) is 19.8 Å². The van der Waals surface area contributed by atoms with Crippen LogP contribution in [0.15, 0.2) is 0 Å². The molecule has 106 valence electrons. The summed E-state index contributed by atoms with van der Waals surface area (Å²) in [6.45, 7) is 4.01. The van der Waals surface area contributed by atoms with E-state index in [0.717, 1.165) is 12.8 Å². The van der Waals surface area contributed by atoms with Crippen LogP contribution in [0.4, 0.5) is 4.79 Å². The summed E-state index contributed by atoms with van der Waals surface area (Å²) in [4.78, 5) is 24.0. The molecule has 0 aliphatic carbocycles. The van der Waals surface area contributed by atoms with Gasteiger partial charge in [0.25, 0.3) is 0 Å². The lowest BCUT2D eigenvalue weighted by Gasteiger charge is -2.21. The van der Waals surface area contributed by atoms with Gasteiger partial charge >= 0.3 is 12.0 Å². The van der Waals surface area contributed by atoms with E-state index in [2.05, 4.69) is 5.32 Å². The first kappa shape index (κ1) is 16.7. The maximum atomic E-state index is 11.7. The van der Waals surface area contributed by atoms with Gasteiger partial charge in [0.05, 0.1) is 6.10 Å². The molecule has 0 saturated carbocycles. The van der Waals surface area contributed by atoms with Gasteiger partial charge in [0.15, 0.2) is 0 Å². The topological polar surface area (TPSA) is 89.9 Å². The highest BCUT2D eigenvalue weighted by molar-refractivity contribution is 5.82. The smallest absolute Gasteiger partial charge is 0.326 e. The van der Waals surface area contributed by atoms with Crippen molar-refractivity contribution in [1.82, 2.24) is 10.2 Å². The average Bonchev–Trinajstić information content (AvgIpc) is 2.30. The number of carbonyl (C=O) groups excluding carboxylic acids is 1. The molecule has 0 spiro atoms. The number of amides is 2. The number of carboxylic acids is 1. The zero-order chi connectivity index (χ0) is 14.1. The molecule has 0 aliphatic rings. The molecule has 6 heteroatoms. The molecule has 2 atom stereocenters. The van der Waals surface area contributed by atoms with Crippen LogP contribution in [0.5, 0.6) is 0 Å². The number of nitrogens with one attached hydrogen (secondary N) is 1. The molecule has 0 aliphatic heterocycles. The van der Waals surface area contributed by atoms with E-state index in [0.29, 0.717) is 19.4 Å². The number of aliphatic carboxylic acids is 1. The summed E-state index contributed by atoms with van der Waals surface area (Å²) < 4.78 is 0. The van der Waals surface area contributed by atoms with Crippen LogP contribution < -0.4 is 5.32 Å². The van der Waals surface area contributed by atoms with Crippen LogP contribution in [0.3, 0.4) is 0 Å². The Bertz CT molecular complexity index is 269. The highest BCUT2D eigenvalue weighted by Crippen LogP contribution is 2.02. The van der Waals surface area contributed by atoms with E-state index in [1.54, 1.807) is 14.0 Å². The Morgan fingerprint density at radius 3 is 2.39 bits per heavy atom. The molecule has 18 heavy (non-hydrogen) atoms. The second-order valence-electron chi connectivity index (χ2n) is 4.54. The number of carbonyl (C=O) groups is 2. The van der Waals surface area contributed by atoms with E-state index in [-0.39, 0.29) is 0 Å². The van der Waals surface area contributed by atoms with E-state index in [9.17, 15) is 9.59 Å². The van der Waals surface area contributed by atoms with Crippen molar-refractivity contribution in [2.75, 3.05) is 13.6 Å². The van der Waals surface area contributed by atoms with Crippen LogP contribution in [0.1, 0.15) is 39.5 Å². The summed E-state index contributed by atoms with van der Waals surface area (Å²) in [5.74, 6) is -1.01. The molecule has 0 heterocycles. The highest BCUT2D eigenvalue weighted by atomic mass is 16.4. The number of aliphatic hydroxyl groups excluding tert-OH is 1. The van der Waals surface area contributed by atoms with Crippen molar-refractivity contribution in [3.63, 3.8) is 0 Å². The number of hydrogen-bond donors (Lipinski definition) is 3. The summed E-state index contributed by atoms with van der Waals surface area (Å²) in [6, 6.07) is -1.26. The Morgan fingerprint density at radius 1 is 1.33 bits per heavy atom. The summed E-state index contributed by atoms with van der Waals surface area (Å²) in [6.07, 6.45) is 2.07. The van der Waals surface area contributed by atoms with Crippen LogP contribution >= 0.6 is 0 Å². The summed E-state index contributed by atoms with van der Waals surface area (Å²) >= 11 is 0. The van der Waals surface area contributed by atoms with Gasteiger partial charge in [-0.1, -0.05) is 19.8 Å². The molecule has 3 N–H and O–H groups in total. The quantitative estimate of drug-likeness (QED) is 0.608. The van der Waals surface area contributed by atoms with Crippen LogP contribution in [-0.2, 0) is 4.79 Å². The van der Waals surface area contributed by atoms with Crippen molar-refractivity contribution in [3.05, 3.63) is 0 Å². The summed E-state index contributed by atoms with van der Waals surface area (Å²) in [5, 5.41) is 20.6.